The number of hydroxylamine groups is 2. The maximum atomic E-state index is 12.0. The predicted octanol–water partition coefficient (Wildman–Crippen LogP) is 9.16. The van der Waals surface area contributed by atoms with E-state index in [1.807, 2.05) is 0 Å². The van der Waals surface area contributed by atoms with Gasteiger partial charge in [-0.25, -0.2) is 0 Å². The maximum absolute atomic E-state index is 12.0. The first-order chi connectivity index (χ1) is 15.3. The Morgan fingerprint density at radius 1 is 0.323 bits per heavy atom. The molecular formula is C29H61NO. The third-order valence-corrected chi connectivity index (χ3v) is 6.87. The molecule has 0 aromatic carbocycles. The van der Waals surface area contributed by atoms with E-state index in [-0.39, 0.29) is 0 Å². The summed E-state index contributed by atoms with van der Waals surface area (Å²) in [4.78, 5) is 0. The van der Waals surface area contributed by atoms with Crippen molar-refractivity contribution in [2.24, 2.45) is 0 Å². The molecular weight excluding hydrogens is 378 g/mol. The Balaban J connectivity index is 3.12. The summed E-state index contributed by atoms with van der Waals surface area (Å²) in [5.41, 5.74) is 0. The van der Waals surface area contributed by atoms with Gasteiger partial charge in [-0.3, -0.25) is 0 Å². The van der Waals surface area contributed by atoms with E-state index in [1.54, 1.807) is 0 Å². The van der Waals surface area contributed by atoms with E-state index >= 15 is 0 Å². The van der Waals surface area contributed by atoms with E-state index in [0.29, 0.717) is 5.06 Å². The Morgan fingerprint density at radius 2 is 0.516 bits per heavy atom. The SMILES string of the molecule is CCCCCCCCCCCCCCCCC[NH+]([O-])CCCCCCCCCCCC. The van der Waals surface area contributed by atoms with Gasteiger partial charge in [0.1, 0.15) is 0 Å². The van der Waals surface area contributed by atoms with E-state index in [2.05, 4.69) is 13.8 Å². The van der Waals surface area contributed by atoms with Crippen molar-refractivity contribution in [3.8, 4) is 0 Å². The second-order valence-electron chi connectivity index (χ2n) is 10.2. The largest absolute Gasteiger partial charge is 0.634 e. The minimum absolute atomic E-state index is 0.522. The highest BCUT2D eigenvalue weighted by Crippen LogP contribution is 2.13. The molecule has 1 unspecified atom stereocenters. The van der Waals surface area contributed by atoms with E-state index in [4.69, 9.17) is 0 Å². The second kappa shape index (κ2) is 28.0. The van der Waals surface area contributed by atoms with Crippen LogP contribution in [0.1, 0.15) is 174 Å². The Kier molecular flexibility index (Phi) is 27.9. The molecule has 0 aliphatic heterocycles. The second-order valence-corrected chi connectivity index (χ2v) is 10.2. The summed E-state index contributed by atoms with van der Waals surface area (Å²) in [6.07, 6.45) is 34.4. The number of nitrogens with one attached hydrogen (secondary N) is 1. The van der Waals surface area contributed by atoms with E-state index in [9.17, 15) is 5.21 Å². The molecule has 0 aromatic rings. The lowest BCUT2D eigenvalue weighted by Gasteiger charge is -2.22. The van der Waals surface area contributed by atoms with Crippen LogP contribution in [-0.2, 0) is 0 Å². The van der Waals surface area contributed by atoms with Gasteiger partial charge in [-0.1, -0.05) is 149 Å². The molecule has 0 aliphatic rings. The molecule has 0 amide bonds. The molecule has 0 saturated carbocycles. The van der Waals surface area contributed by atoms with Crippen LogP contribution in [0.4, 0.5) is 0 Å². The Morgan fingerprint density at radius 3 is 0.742 bits per heavy atom. The summed E-state index contributed by atoms with van der Waals surface area (Å²) in [6, 6.07) is 0. The molecule has 1 N–H and O–H groups in total. The van der Waals surface area contributed by atoms with Crippen molar-refractivity contribution in [1.82, 2.24) is 0 Å². The van der Waals surface area contributed by atoms with Crippen molar-refractivity contribution in [2.45, 2.75) is 174 Å². The Bertz CT molecular complexity index is 307. The molecule has 0 aromatic heterocycles. The molecule has 1 atom stereocenters. The molecule has 0 radical (unpaired) electrons. The Hall–Kier alpha value is -0.0800. The van der Waals surface area contributed by atoms with Crippen molar-refractivity contribution in [3.05, 3.63) is 5.21 Å². The van der Waals surface area contributed by atoms with Crippen LogP contribution >= 0.6 is 0 Å². The first kappa shape index (κ1) is 30.9. The van der Waals surface area contributed by atoms with Gasteiger partial charge < -0.3 is 10.3 Å². The lowest BCUT2D eigenvalue weighted by molar-refractivity contribution is -0.848. The minimum atomic E-state index is 0.522. The highest BCUT2D eigenvalue weighted by atomic mass is 16.5. The predicted molar refractivity (Wildman–Crippen MR) is 141 cm³/mol. The summed E-state index contributed by atoms with van der Waals surface area (Å²) >= 11 is 0. The fourth-order valence-corrected chi connectivity index (χ4v) is 4.63. The van der Waals surface area contributed by atoms with Gasteiger partial charge in [0.2, 0.25) is 0 Å². The van der Waals surface area contributed by atoms with Crippen molar-refractivity contribution in [1.29, 1.82) is 0 Å². The van der Waals surface area contributed by atoms with E-state index < -0.39 is 0 Å². The van der Waals surface area contributed by atoms with Crippen molar-refractivity contribution in [3.63, 3.8) is 0 Å². The summed E-state index contributed by atoms with van der Waals surface area (Å²) in [6.45, 7) is 6.26. The van der Waals surface area contributed by atoms with Gasteiger partial charge in [-0.2, -0.15) is 0 Å². The molecule has 0 saturated heterocycles. The quantitative estimate of drug-likeness (QED) is 0.100. The number of hydrogen-bond donors (Lipinski definition) is 1. The van der Waals surface area contributed by atoms with Crippen molar-refractivity contribution in [2.75, 3.05) is 13.1 Å². The number of rotatable bonds is 27. The highest BCUT2D eigenvalue weighted by Gasteiger charge is 1.99. The molecule has 0 heterocycles. The molecule has 31 heavy (non-hydrogen) atoms. The minimum Gasteiger partial charge on any atom is -0.634 e. The number of quaternary nitrogens is 1. The Labute approximate surface area is 197 Å². The number of hydrogen-bond acceptors (Lipinski definition) is 1. The zero-order valence-electron chi connectivity index (χ0n) is 22.0. The fraction of sp³-hybridized carbons (Fsp3) is 1.00. The van der Waals surface area contributed by atoms with Gasteiger partial charge >= 0.3 is 0 Å². The average Bonchev–Trinajstić information content (AvgIpc) is 2.77. The van der Waals surface area contributed by atoms with Crippen LogP contribution in [-0.4, -0.2) is 13.1 Å². The molecule has 188 valence electrons. The third kappa shape index (κ3) is 27.9. The van der Waals surface area contributed by atoms with Gasteiger partial charge in [0, 0.05) is 0 Å². The first-order valence-electron chi connectivity index (χ1n) is 14.8. The van der Waals surface area contributed by atoms with Gasteiger partial charge in [0.05, 0.1) is 13.1 Å². The van der Waals surface area contributed by atoms with Crippen LogP contribution in [0.15, 0.2) is 0 Å². The lowest BCUT2D eigenvalue weighted by atomic mass is 10.0. The van der Waals surface area contributed by atoms with Crippen molar-refractivity contribution < 1.29 is 5.06 Å². The standard InChI is InChI=1S/C29H61NO/c1-3-5-7-9-11-13-15-16-17-18-19-21-23-25-27-29-30(31)28-26-24-22-20-14-12-10-8-6-4-2/h30H,3-29H2,1-2H3. The van der Waals surface area contributed by atoms with Crippen LogP contribution in [0.2, 0.25) is 0 Å². The normalized spacial score (nSPS) is 12.5. The lowest BCUT2D eigenvalue weighted by Crippen LogP contribution is -3.07. The average molecular weight is 440 g/mol. The molecule has 0 rings (SSSR count). The first-order valence-corrected chi connectivity index (χ1v) is 14.8. The monoisotopic (exact) mass is 439 g/mol. The summed E-state index contributed by atoms with van der Waals surface area (Å²) in [5.74, 6) is 0. The maximum Gasteiger partial charge on any atom is 0.0768 e. The third-order valence-electron chi connectivity index (χ3n) is 6.87. The highest BCUT2D eigenvalue weighted by molar-refractivity contribution is 4.50. The number of unbranched alkanes of at least 4 members (excludes halogenated alkanes) is 23. The van der Waals surface area contributed by atoms with Gasteiger partial charge in [0.15, 0.2) is 0 Å². The summed E-state index contributed by atoms with van der Waals surface area (Å²) < 4.78 is 0. The molecule has 0 aliphatic carbocycles. The summed E-state index contributed by atoms with van der Waals surface area (Å²) in [5, 5.41) is 12.5. The van der Waals surface area contributed by atoms with E-state index in [1.165, 1.54) is 148 Å². The smallest absolute Gasteiger partial charge is 0.0768 e. The fourth-order valence-electron chi connectivity index (χ4n) is 4.63. The van der Waals surface area contributed by atoms with Crippen LogP contribution in [0.25, 0.3) is 0 Å². The molecule has 0 fully saturated rings. The van der Waals surface area contributed by atoms with Gasteiger partial charge in [-0.05, 0) is 25.7 Å². The molecule has 2 nitrogen and oxygen atoms in total. The van der Waals surface area contributed by atoms with Crippen LogP contribution in [0.5, 0.6) is 0 Å². The van der Waals surface area contributed by atoms with Crippen LogP contribution in [0.3, 0.4) is 0 Å². The van der Waals surface area contributed by atoms with Gasteiger partial charge in [0.25, 0.3) is 0 Å². The van der Waals surface area contributed by atoms with Crippen LogP contribution in [0, 0.1) is 5.21 Å². The molecule has 2 heteroatoms. The van der Waals surface area contributed by atoms with Crippen LogP contribution < -0.4 is 5.06 Å². The van der Waals surface area contributed by atoms with Gasteiger partial charge in [-0.15, -0.1) is 0 Å². The van der Waals surface area contributed by atoms with E-state index in [0.717, 1.165) is 25.9 Å². The zero-order chi connectivity index (χ0) is 22.7. The molecule has 0 spiro atoms. The topological polar surface area (TPSA) is 27.5 Å². The molecule has 0 bridgehead atoms. The zero-order valence-corrected chi connectivity index (χ0v) is 22.0. The summed E-state index contributed by atoms with van der Waals surface area (Å²) in [7, 11) is 0. The van der Waals surface area contributed by atoms with Crippen molar-refractivity contribution >= 4 is 0 Å².